The molecule has 9 rings (SSSR count). The topological polar surface area (TPSA) is 129 Å². The average Bonchev–Trinajstić information content (AvgIpc) is 3.58. The van der Waals surface area contributed by atoms with Crippen molar-refractivity contribution in [3.63, 3.8) is 0 Å². The van der Waals surface area contributed by atoms with Gasteiger partial charge in [-0.2, -0.15) is 9.99 Å². The number of aliphatic hydroxyl groups excluding tert-OH is 1. The zero-order chi connectivity index (χ0) is 35.3. The van der Waals surface area contributed by atoms with Crippen molar-refractivity contribution >= 4 is 45.8 Å². The SMILES string of the molecule is CN1C(O)c2cnc(Nc3ccc(N4CCN(Cc5ccc(-c6[nH]c7cc(F)cc8c7c6CCNC8=O)cc5)CC4)cc3)nc2N1c1ccccn1. The number of hydrogen-bond donors (Lipinski definition) is 4. The van der Waals surface area contributed by atoms with Crippen molar-refractivity contribution in [2.75, 3.05) is 55.0 Å². The number of amides is 1. The van der Waals surface area contributed by atoms with Crippen molar-refractivity contribution in [2.24, 2.45) is 0 Å². The van der Waals surface area contributed by atoms with E-state index in [2.05, 4.69) is 71.8 Å². The lowest BCUT2D eigenvalue weighted by molar-refractivity contribution is 0.0358. The predicted molar refractivity (Wildman–Crippen MR) is 198 cm³/mol. The molecule has 3 aliphatic heterocycles. The first-order valence-corrected chi connectivity index (χ1v) is 17.4. The number of piperazine rings is 1. The van der Waals surface area contributed by atoms with Crippen molar-refractivity contribution in [3.05, 3.63) is 119 Å². The maximum absolute atomic E-state index is 14.3. The highest BCUT2D eigenvalue weighted by atomic mass is 19.1. The van der Waals surface area contributed by atoms with Gasteiger partial charge in [-0.1, -0.05) is 30.3 Å². The van der Waals surface area contributed by atoms with E-state index in [0.29, 0.717) is 47.2 Å². The fourth-order valence-corrected chi connectivity index (χ4v) is 7.52. The van der Waals surface area contributed by atoms with Crippen LogP contribution in [0.15, 0.2) is 91.3 Å². The number of nitrogens with zero attached hydrogens (tertiary/aromatic N) is 7. The summed E-state index contributed by atoms with van der Waals surface area (Å²) in [5, 5.41) is 21.2. The zero-order valence-corrected chi connectivity index (χ0v) is 28.6. The Bertz CT molecular complexity index is 2270. The third-order valence-corrected chi connectivity index (χ3v) is 10.2. The molecule has 1 amide bonds. The number of anilines is 5. The van der Waals surface area contributed by atoms with Crippen molar-refractivity contribution in [3.8, 4) is 11.3 Å². The smallest absolute Gasteiger partial charge is 0.252 e. The van der Waals surface area contributed by atoms with E-state index in [-0.39, 0.29) is 5.91 Å². The van der Waals surface area contributed by atoms with Crippen molar-refractivity contribution in [2.45, 2.75) is 19.2 Å². The Hall–Kier alpha value is -5.89. The Morgan fingerprint density at radius 2 is 1.79 bits per heavy atom. The standard InChI is InChI=1S/C39H37FN10O2/c1-47-38(52)31-22-43-39(46-36(31)50(47)33-4-2-3-14-41-33)44-27-9-11-28(12-10-27)49-18-16-48(17-19-49)23-24-5-7-25(8-6-24)35-29-13-15-42-37(51)30-20-26(40)21-32(45-35)34(29)30/h2-12,14,20-22,38,45,52H,13,15-19,23H2,1H3,(H,42,51)(H,43,44,46). The highest BCUT2D eigenvalue weighted by molar-refractivity contribution is 6.10. The molecule has 6 aromatic rings. The third kappa shape index (κ3) is 5.78. The Morgan fingerprint density at radius 3 is 2.56 bits per heavy atom. The molecular weight excluding hydrogens is 659 g/mol. The van der Waals surface area contributed by atoms with Gasteiger partial charge in [0.05, 0.1) is 11.1 Å². The fourth-order valence-electron chi connectivity index (χ4n) is 7.52. The Labute approximate surface area is 299 Å². The number of halogens is 1. The van der Waals surface area contributed by atoms with Crippen LogP contribution in [-0.2, 0) is 13.0 Å². The minimum Gasteiger partial charge on any atom is -0.372 e. The van der Waals surface area contributed by atoms with Gasteiger partial charge in [0.25, 0.3) is 5.91 Å². The molecule has 0 radical (unpaired) electrons. The van der Waals surface area contributed by atoms with E-state index >= 15 is 0 Å². The van der Waals surface area contributed by atoms with Gasteiger partial charge in [0, 0.05) is 86.7 Å². The van der Waals surface area contributed by atoms with Gasteiger partial charge in [0.15, 0.2) is 12.0 Å². The van der Waals surface area contributed by atoms with Crippen LogP contribution in [0, 0.1) is 5.82 Å². The van der Waals surface area contributed by atoms with Crippen LogP contribution in [0.1, 0.15) is 33.3 Å². The van der Waals surface area contributed by atoms with Gasteiger partial charge in [0.2, 0.25) is 5.95 Å². The summed E-state index contributed by atoms with van der Waals surface area (Å²) >= 11 is 0. The number of nitrogens with one attached hydrogen (secondary N) is 3. The van der Waals surface area contributed by atoms with E-state index in [1.165, 1.54) is 17.7 Å². The summed E-state index contributed by atoms with van der Waals surface area (Å²) in [4.78, 5) is 34.5. The Morgan fingerprint density at radius 1 is 0.981 bits per heavy atom. The van der Waals surface area contributed by atoms with E-state index in [4.69, 9.17) is 4.98 Å². The number of aromatic amines is 1. The lowest BCUT2D eigenvalue weighted by Gasteiger charge is -2.36. The van der Waals surface area contributed by atoms with Crippen molar-refractivity contribution in [1.29, 1.82) is 0 Å². The number of hydrazine groups is 1. The molecule has 52 heavy (non-hydrogen) atoms. The summed E-state index contributed by atoms with van der Waals surface area (Å²) in [5.41, 5.74) is 7.94. The molecule has 6 heterocycles. The molecule has 4 N–H and O–H groups in total. The number of rotatable bonds is 7. The molecule has 0 bridgehead atoms. The molecule has 13 heteroatoms. The van der Waals surface area contributed by atoms with E-state index in [0.717, 1.165) is 66.3 Å². The van der Waals surface area contributed by atoms with Crippen LogP contribution in [0.2, 0.25) is 0 Å². The molecule has 3 aromatic heterocycles. The second kappa shape index (κ2) is 13.0. The fraction of sp³-hybridized carbons (Fsp3) is 0.231. The minimum atomic E-state index is -0.866. The summed E-state index contributed by atoms with van der Waals surface area (Å²) in [6, 6.07) is 25.3. The van der Waals surface area contributed by atoms with Crippen LogP contribution in [0.3, 0.4) is 0 Å². The van der Waals surface area contributed by atoms with Gasteiger partial charge in [-0.15, -0.1) is 0 Å². The van der Waals surface area contributed by atoms with Crippen molar-refractivity contribution in [1.82, 2.24) is 35.2 Å². The number of H-pyrrole nitrogens is 1. The van der Waals surface area contributed by atoms with E-state index in [1.54, 1.807) is 29.5 Å². The molecular formula is C39H37FN10O2. The predicted octanol–water partition coefficient (Wildman–Crippen LogP) is 5.50. The van der Waals surface area contributed by atoms with Gasteiger partial charge >= 0.3 is 0 Å². The first kappa shape index (κ1) is 32.0. The lowest BCUT2D eigenvalue weighted by Crippen LogP contribution is -2.45. The molecule has 3 aliphatic rings. The first-order chi connectivity index (χ1) is 25.4. The molecule has 0 aliphatic carbocycles. The average molecular weight is 697 g/mol. The van der Waals surface area contributed by atoms with E-state index in [9.17, 15) is 14.3 Å². The number of aromatic nitrogens is 4. The maximum atomic E-state index is 14.3. The second-order valence-electron chi connectivity index (χ2n) is 13.4. The highest BCUT2D eigenvalue weighted by Crippen LogP contribution is 2.40. The Balaban J connectivity index is 0.824. The highest BCUT2D eigenvalue weighted by Gasteiger charge is 2.36. The molecule has 12 nitrogen and oxygen atoms in total. The van der Waals surface area contributed by atoms with Gasteiger partial charge < -0.3 is 25.6 Å². The van der Waals surface area contributed by atoms with Crippen LogP contribution in [-0.4, -0.2) is 80.6 Å². The summed E-state index contributed by atoms with van der Waals surface area (Å²) in [6.45, 7) is 5.10. The molecule has 0 saturated carbocycles. The number of carbonyl (C=O) groups is 1. The van der Waals surface area contributed by atoms with E-state index < -0.39 is 12.0 Å². The Kier molecular flexibility index (Phi) is 8.02. The quantitative estimate of drug-likeness (QED) is 0.170. The normalized spacial score (nSPS) is 17.7. The molecule has 262 valence electrons. The lowest BCUT2D eigenvalue weighted by atomic mass is 9.99. The largest absolute Gasteiger partial charge is 0.372 e. The number of carbonyl (C=O) groups excluding carboxylic acids is 1. The first-order valence-electron chi connectivity index (χ1n) is 17.4. The zero-order valence-electron chi connectivity index (χ0n) is 28.6. The third-order valence-electron chi connectivity index (χ3n) is 10.2. The van der Waals surface area contributed by atoms with Crippen molar-refractivity contribution < 1.29 is 14.3 Å². The molecule has 3 aromatic carbocycles. The number of benzene rings is 3. The van der Waals surface area contributed by atoms with Gasteiger partial charge in [-0.3, -0.25) is 9.69 Å². The summed E-state index contributed by atoms with van der Waals surface area (Å²) in [6.07, 6.45) is 3.18. The van der Waals surface area contributed by atoms with Crippen LogP contribution in [0.25, 0.3) is 22.2 Å². The molecule has 1 atom stereocenters. The van der Waals surface area contributed by atoms with Gasteiger partial charge in [-0.25, -0.2) is 19.4 Å². The molecule has 0 spiro atoms. The molecule has 1 fully saturated rings. The monoisotopic (exact) mass is 696 g/mol. The summed E-state index contributed by atoms with van der Waals surface area (Å²) in [5.74, 6) is 1.02. The minimum absolute atomic E-state index is 0.232. The van der Waals surface area contributed by atoms with Crippen LogP contribution < -0.4 is 20.5 Å². The molecule has 1 saturated heterocycles. The van der Waals surface area contributed by atoms with Crippen LogP contribution in [0.5, 0.6) is 0 Å². The number of hydrogen-bond acceptors (Lipinski definition) is 10. The van der Waals surface area contributed by atoms with Crippen LogP contribution >= 0.6 is 0 Å². The van der Waals surface area contributed by atoms with Gasteiger partial charge in [0.1, 0.15) is 11.6 Å². The van der Waals surface area contributed by atoms with Gasteiger partial charge in [-0.05, 0) is 71.6 Å². The number of aliphatic hydroxyl groups is 1. The van der Waals surface area contributed by atoms with E-state index in [1.807, 2.05) is 30.3 Å². The molecule has 1 unspecified atom stereocenters. The number of pyridine rings is 1. The van der Waals surface area contributed by atoms with Crippen LogP contribution in [0.4, 0.5) is 33.3 Å². The number of fused-ring (bicyclic) bond motifs is 1. The summed E-state index contributed by atoms with van der Waals surface area (Å²) < 4.78 is 14.3. The maximum Gasteiger partial charge on any atom is 0.252 e. The second-order valence-corrected chi connectivity index (χ2v) is 13.4. The summed E-state index contributed by atoms with van der Waals surface area (Å²) in [7, 11) is 1.79.